The number of hydrogen-bond donors (Lipinski definition) is 0. The molecule has 5 rings (SSSR count). The number of aryl methyl sites for hydroxylation is 1. The van der Waals surface area contributed by atoms with Gasteiger partial charge in [0.1, 0.15) is 5.69 Å². The number of aromatic nitrogens is 4. The molecule has 12 heteroatoms. The van der Waals surface area contributed by atoms with Gasteiger partial charge in [-0.1, -0.05) is 0 Å². The number of carbonyl (C=O) groups excluding carboxylic acids is 2. The third-order valence-electron chi connectivity index (χ3n) is 6.21. The van der Waals surface area contributed by atoms with E-state index in [4.69, 9.17) is 4.84 Å². The first-order chi connectivity index (χ1) is 17.6. The van der Waals surface area contributed by atoms with Gasteiger partial charge in [-0.05, 0) is 48.9 Å². The molecule has 9 nitrogen and oxygen atoms in total. The molecule has 0 bridgehead atoms. The number of halogens is 3. The van der Waals surface area contributed by atoms with Gasteiger partial charge in [0.2, 0.25) is 0 Å². The van der Waals surface area contributed by atoms with Gasteiger partial charge >= 0.3 is 6.18 Å². The summed E-state index contributed by atoms with van der Waals surface area (Å²) in [5.41, 5.74) is 2.16. The maximum atomic E-state index is 13.2. The molecule has 1 aliphatic heterocycles. The summed E-state index contributed by atoms with van der Waals surface area (Å²) < 4.78 is 40.5. The third kappa shape index (κ3) is 4.40. The number of hydroxylamine groups is 2. The SMILES string of the molecule is CON(C)C(=O)c1cc2n(n1)CCN(c1ccc(-c3ncc4cc(C(F)(F)F)ccc4n3)cc1C)C2=O. The monoisotopic (exact) mass is 510 g/mol. The summed E-state index contributed by atoms with van der Waals surface area (Å²) in [7, 11) is 2.82. The van der Waals surface area contributed by atoms with Gasteiger partial charge in [-0.3, -0.25) is 19.1 Å². The van der Waals surface area contributed by atoms with E-state index in [0.717, 1.165) is 22.8 Å². The number of nitrogens with zero attached hydrogens (tertiary/aromatic N) is 6. The van der Waals surface area contributed by atoms with E-state index in [9.17, 15) is 22.8 Å². The Hall–Kier alpha value is -4.32. The van der Waals surface area contributed by atoms with Crippen LogP contribution in [0.15, 0.2) is 48.7 Å². The summed E-state index contributed by atoms with van der Waals surface area (Å²) in [6.07, 6.45) is -3.08. The quantitative estimate of drug-likeness (QED) is 0.384. The highest BCUT2D eigenvalue weighted by Gasteiger charge is 2.31. The standard InChI is InChI=1S/C25H21F3N6O3/c1-14-10-15(22-29-13-16-11-17(25(26,27)28)5-6-18(16)30-22)4-7-20(14)33-8-9-34-21(24(33)36)12-19(31-34)23(35)32(2)37-3/h4-7,10-13H,8-9H2,1-3H3. The fourth-order valence-electron chi connectivity index (χ4n) is 4.22. The Bertz CT molecular complexity index is 1550. The van der Waals surface area contributed by atoms with Crippen molar-refractivity contribution in [3.63, 3.8) is 0 Å². The Morgan fingerprint density at radius 1 is 1.11 bits per heavy atom. The number of anilines is 1. The van der Waals surface area contributed by atoms with Crippen LogP contribution < -0.4 is 4.90 Å². The predicted octanol–water partition coefficient (Wildman–Crippen LogP) is 4.11. The number of carbonyl (C=O) groups is 2. The van der Waals surface area contributed by atoms with Crippen molar-refractivity contribution in [2.45, 2.75) is 19.6 Å². The number of hydrogen-bond acceptors (Lipinski definition) is 6. The van der Waals surface area contributed by atoms with E-state index >= 15 is 0 Å². The van der Waals surface area contributed by atoms with Gasteiger partial charge in [-0.25, -0.2) is 15.0 Å². The van der Waals surface area contributed by atoms with Gasteiger partial charge in [0.25, 0.3) is 11.8 Å². The highest BCUT2D eigenvalue weighted by molar-refractivity contribution is 6.07. The molecular weight excluding hydrogens is 489 g/mol. The molecule has 0 aliphatic carbocycles. The maximum absolute atomic E-state index is 13.2. The van der Waals surface area contributed by atoms with E-state index in [2.05, 4.69) is 15.1 Å². The molecule has 0 spiro atoms. The first kappa shape index (κ1) is 24.4. The van der Waals surface area contributed by atoms with Crippen molar-refractivity contribution in [1.82, 2.24) is 24.8 Å². The van der Waals surface area contributed by atoms with Crippen LogP contribution in [0.5, 0.6) is 0 Å². The molecular formula is C25H21F3N6O3. The van der Waals surface area contributed by atoms with E-state index in [1.165, 1.54) is 37.2 Å². The van der Waals surface area contributed by atoms with Crippen molar-refractivity contribution < 1.29 is 27.6 Å². The molecule has 190 valence electrons. The van der Waals surface area contributed by atoms with Gasteiger partial charge in [-0.2, -0.15) is 18.3 Å². The van der Waals surface area contributed by atoms with Crippen LogP contribution in [0.1, 0.15) is 32.1 Å². The largest absolute Gasteiger partial charge is 0.416 e. The molecule has 0 saturated carbocycles. The number of rotatable bonds is 4. The number of benzene rings is 2. The highest BCUT2D eigenvalue weighted by atomic mass is 19.4. The van der Waals surface area contributed by atoms with Crippen LogP contribution in [0, 0.1) is 6.92 Å². The molecule has 2 aromatic carbocycles. The fourth-order valence-corrected chi connectivity index (χ4v) is 4.22. The second-order valence-corrected chi connectivity index (χ2v) is 8.55. The van der Waals surface area contributed by atoms with Crippen LogP contribution >= 0.6 is 0 Å². The van der Waals surface area contributed by atoms with Crippen molar-refractivity contribution in [2.75, 3.05) is 25.6 Å². The topological polar surface area (TPSA) is 93.4 Å². The molecule has 4 aromatic rings. The van der Waals surface area contributed by atoms with Crippen molar-refractivity contribution in [3.8, 4) is 11.4 Å². The predicted molar refractivity (Wildman–Crippen MR) is 128 cm³/mol. The first-order valence-corrected chi connectivity index (χ1v) is 11.2. The van der Waals surface area contributed by atoms with Crippen molar-refractivity contribution >= 4 is 28.4 Å². The Kier molecular flexibility index (Phi) is 5.91. The van der Waals surface area contributed by atoms with Crippen LogP contribution in [-0.4, -0.2) is 57.3 Å². The number of alkyl halides is 3. The summed E-state index contributed by atoms with van der Waals surface area (Å²) in [6.45, 7) is 2.60. The lowest BCUT2D eigenvalue weighted by Gasteiger charge is -2.29. The molecule has 2 aromatic heterocycles. The molecule has 0 N–H and O–H groups in total. The first-order valence-electron chi connectivity index (χ1n) is 11.2. The average Bonchev–Trinajstić information content (AvgIpc) is 3.32. The van der Waals surface area contributed by atoms with Crippen molar-refractivity contribution in [3.05, 3.63) is 71.2 Å². The Balaban J connectivity index is 1.42. The van der Waals surface area contributed by atoms with Crippen LogP contribution in [0.3, 0.4) is 0 Å². The van der Waals surface area contributed by atoms with E-state index < -0.39 is 17.6 Å². The van der Waals surface area contributed by atoms with E-state index in [1.54, 1.807) is 17.0 Å². The molecule has 3 heterocycles. The molecule has 1 aliphatic rings. The second kappa shape index (κ2) is 8.96. The molecule has 37 heavy (non-hydrogen) atoms. The fraction of sp³-hybridized carbons (Fsp3) is 0.240. The molecule has 0 atom stereocenters. The van der Waals surface area contributed by atoms with Crippen molar-refractivity contribution in [1.29, 1.82) is 0 Å². The lowest BCUT2D eigenvalue weighted by Crippen LogP contribution is -2.40. The number of amides is 2. The molecule has 0 unspecified atom stereocenters. The van der Waals surface area contributed by atoms with Gasteiger partial charge in [0.15, 0.2) is 11.5 Å². The summed E-state index contributed by atoms with van der Waals surface area (Å²) in [4.78, 5) is 40.8. The van der Waals surface area contributed by atoms with E-state index in [1.807, 2.05) is 13.0 Å². The molecule has 0 fully saturated rings. The van der Waals surface area contributed by atoms with Crippen LogP contribution in [-0.2, 0) is 17.6 Å². The minimum Gasteiger partial charge on any atom is -0.305 e. The van der Waals surface area contributed by atoms with Gasteiger partial charge in [-0.15, -0.1) is 0 Å². The van der Waals surface area contributed by atoms with Gasteiger partial charge in [0, 0.05) is 42.5 Å². The summed E-state index contributed by atoms with van der Waals surface area (Å²) >= 11 is 0. The van der Waals surface area contributed by atoms with E-state index in [-0.39, 0.29) is 17.0 Å². The smallest absolute Gasteiger partial charge is 0.305 e. The van der Waals surface area contributed by atoms with Gasteiger partial charge < -0.3 is 4.90 Å². The highest BCUT2D eigenvalue weighted by Crippen LogP contribution is 2.32. The summed E-state index contributed by atoms with van der Waals surface area (Å²) in [5, 5.41) is 5.56. The van der Waals surface area contributed by atoms with Crippen LogP contribution in [0.4, 0.5) is 18.9 Å². The zero-order valence-corrected chi connectivity index (χ0v) is 20.1. The Morgan fingerprint density at radius 3 is 2.59 bits per heavy atom. The molecule has 0 saturated heterocycles. The lowest BCUT2D eigenvalue weighted by atomic mass is 10.1. The minimum absolute atomic E-state index is 0.109. The van der Waals surface area contributed by atoms with Crippen LogP contribution in [0.2, 0.25) is 0 Å². The zero-order valence-electron chi connectivity index (χ0n) is 20.1. The normalized spacial score (nSPS) is 13.7. The average molecular weight is 510 g/mol. The minimum atomic E-state index is -4.44. The Morgan fingerprint density at radius 2 is 1.89 bits per heavy atom. The second-order valence-electron chi connectivity index (χ2n) is 8.55. The summed E-state index contributed by atoms with van der Waals surface area (Å²) in [5.74, 6) is -0.402. The molecule has 2 amide bonds. The van der Waals surface area contributed by atoms with E-state index in [0.29, 0.717) is 41.4 Å². The lowest BCUT2D eigenvalue weighted by molar-refractivity contribution is -0.137. The maximum Gasteiger partial charge on any atom is 0.416 e. The molecule has 0 radical (unpaired) electrons. The number of fused-ring (bicyclic) bond motifs is 2. The summed E-state index contributed by atoms with van der Waals surface area (Å²) in [6, 6.07) is 10.1. The Labute approximate surface area is 209 Å². The van der Waals surface area contributed by atoms with Gasteiger partial charge in [0.05, 0.1) is 24.7 Å². The van der Waals surface area contributed by atoms with Crippen molar-refractivity contribution in [2.24, 2.45) is 0 Å². The zero-order chi connectivity index (χ0) is 26.5. The third-order valence-corrected chi connectivity index (χ3v) is 6.21. The van der Waals surface area contributed by atoms with Crippen LogP contribution in [0.25, 0.3) is 22.3 Å².